The predicted molar refractivity (Wildman–Crippen MR) is 67.2 cm³/mol. The van der Waals surface area contributed by atoms with Crippen LogP contribution in [0.25, 0.3) is 0 Å². The Labute approximate surface area is 97.6 Å². The highest BCUT2D eigenvalue weighted by atomic mass is 35.5. The van der Waals surface area contributed by atoms with Gasteiger partial charge in [0.25, 0.3) is 0 Å². The summed E-state index contributed by atoms with van der Waals surface area (Å²) in [5.74, 6) is 0.518. The van der Waals surface area contributed by atoms with Crippen molar-refractivity contribution in [3.63, 3.8) is 0 Å². The van der Waals surface area contributed by atoms with E-state index in [9.17, 15) is 0 Å². The van der Waals surface area contributed by atoms with E-state index >= 15 is 0 Å². The zero-order valence-corrected chi connectivity index (χ0v) is 10.5. The molecule has 0 spiro atoms. The van der Waals surface area contributed by atoms with Crippen molar-refractivity contribution in [2.24, 2.45) is 11.7 Å². The van der Waals surface area contributed by atoms with Crippen molar-refractivity contribution < 1.29 is 0 Å². The molecule has 1 unspecified atom stereocenters. The van der Waals surface area contributed by atoms with Gasteiger partial charge in [-0.15, -0.1) is 0 Å². The topological polar surface area (TPSA) is 26.0 Å². The number of hydrogen-bond donors (Lipinski definition) is 1. The quantitative estimate of drug-likeness (QED) is 0.821. The zero-order chi connectivity index (χ0) is 11.4. The summed E-state index contributed by atoms with van der Waals surface area (Å²) < 4.78 is 0. The zero-order valence-electron chi connectivity index (χ0n) is 9.76. The smallest absolute Gasteiger partial charge is 0.0483 e. The van der Waals surface area contributed by atoms with Crippen molar-refractivity contribution in [2.75, 3.05) is 0 Å². The average molecular weight is 226 g/mol. The molecule has 2 N–H and O–H groups in total. The van der Waals surface area contributed by atoms with E-state index in [-0.39, 0.29) is 6.04 Å². The van der Waals surface area contributed by atoms with E-state index in [1.165, 1.54) is 0 Å². The van der Waals surface area contributed by atoms with Gasteiger partial charge in [-0.25, -0.2) is 0 Å². The first-order chi connectivity index (χ1) is 7.11. The maximum Gasteiger partial charge on any atom is 0.0483 e. The summed E-state index contributed by atoms with van der Waals surface area (Å²) in [6.07, 6.45) is 2.20. The van der Waals surface area contributed by atoms with E-state index in [1.807, 2.05) is 25.1 Å². The summed E-state index contributed by atoms with van der Waals surface area (Å²) >= 11 is 6.27. The number of benzene rings is 1. The molecule has 1 rings (SSSR count). The first kappa shape index (κ1) is 12.5. The van der Waals surface area contributed by atoms with E-state index in [4.69, 9.17) is 17.3 Å². The fourth-order valence-corrected chi connectivity index (χ4v) is 2.23. The maximum atomic E-state index is 6.27. The van der Waals surface area contributed by atoms with E-state index in [2.05, 4.69) is 13.8 Å². The lowest BCUT2D eigenvalue weighted by molar-refractivity contribution is 0.405. The van der Waals surface area contributed by atoms with Crippen molar-refractivity contribution in [1.82, 2.24) is 0 Å². The highest BCUT2D eigenvalue weighted by Gasteiger charge is 2.18. The van der Waals surface area contributed by atoms with E-state index in [0.29, 0.717) is 5.92 Å². The summed E-state index contributed by atoms with van der Waals surface area (Å²) in [5, 5.41) is 0.830. The van der Waals surface area contributed by atoms with Crippen LogP contribution in [-0.2, 0) is 0 Å². The monoisotopic (exact) mass is 225 g/mol. The summed E-state index contributed by atoms with van der Waals surface area (Å²) in [6.45, 7) is 6.38. The predicted octanol–water partition coefficient (Wildman–Crippen LogP) is 4.08. The van der Waals surface area contributed by atoms with Crippen molar-refractivity contribution in [1.29, 1.82) is 0 Å². The lowest BCUT2D eigenvalue weighted by Gasteiger charge is -2.23. The Hall–Kier alpha value is -0.530. The number of halogens is 1. The van der Waals surface area contributed by atoms with E-state index in [0.717, 1.165) is 29.0 Å². The van der Waals surface area contributed by atoms with Crippen molar-refractivity contribution in [3.05, 3.63) is 34.3 Å². The normalized spacial score (nSPS) is 13.2. The Bertz CT molecular complexity index is 318. The van der Waals surface area contributed by atoms with Crippen LogP contribution >= 0.6 is 11.6 Å². The first-order valence-electron chi connectivity index (χ1n) is 5.62. The molecule has 1 aromatic carbocycles. The lowest BCUT2D eigenvalue weighted by atomic mass is 9.89. The fraction of sp³-hybridized carbons (Fsp3) is 0.538. The molecule has 0 radical (unpaired) electrons. The van der Waals surface area contributed by atoms with Gasteiger partial charge in [-0.3, -0.25) is 0 Å². The van der Waals surface area contributed by atoms with Gasteiger partial charge in [0.2, 0.25) is 0 Å². The maximum absolute atomic E-state index is 6.27. The molecule has 0 saturated carbocycles. The molecule has 84 valence electrons. The molecule has 0 amide bonds. The van der Waals surface area contributed by atoms with Crippen LogP contribution in [0.5, 0.6) is 0 Å². The summed E-state index contributed by atoms with van der Waals surface area (Å²) in [6, 6.07) is 6.15. The molecule has 0 bridgehead atoms. The largest absolute Gasteiger partial charge is 0.324 e. The van der Waals surface area contributed by atoms with Gasteiger partial charge in [0.15, 0.2) is 0 Å². The van der Waals surface area contributed by atoms with Crippen LogP contribution in [0.15, 0.2) is 18.2 Å². The second-order valence-electron chi connectivity index (χ2n) is 4.08. The van der Waals surface area contributed by atoms with Crippen molar-refractivity contribution in [2.45, 2.75) is 39.7 Å². The Morgan fingerprint density at radius 1 is 1.27 bits per heavy atom. The van der Waals surface area contributed by atoms with Gasteiger partial charge in [0.05, 0.1) is 0 Å². The van der Waals surface area contributed by atoms with Crippen LogP contribution in [0, 0.1) is 12.8 Å². The molecule has 0 aliphatic heterocycles. The van der Waals surface area contributed by atoms with Gasteiger partial charge in [-0.2, -0.15) is 0 Å². The van der Waals surface area contributed by atoms with Gasteiger partial charge in [0, 0.05) is 11.1 Å². The molecular formula is C13H20ClN. The lowest BCUT2D eigenvalue weighted by Crippen LogP contribution is -2.21. The summed E-state index contributed by atoms with van der Waals surface area (Å²) in [7, 11) is 0. The van der Waals surface area contributed by atoms with Crippen LogP contribution in [0.4, 0.5) is 0 Å². The average Bonchev–Trinajstić information content (AvgIpc) is 2.23. The molecule has 1 aromatic rings. The third-order valence-electron chi connectivity index (χ3n) is 3.14. The van der Waals surface area contributed by atoms with Crippen molar-refractivity contribution >= 4 is 11.6 Å². The first-order valence-corrected chi connectivity index (χ1v) is 6.00. The van der Waals surface area contributed by atoms with Gasteiger partial charge < -0.3 is 5.73 Å². The second-order valence-corrected chi connectivity index (χ2v) is 4.46. The van der Waals surface area contributed by atoms with Crippen LogP contribution in [0.3, 0.4) is 0 Å². The number of hydrogen-bond acceptors (Lipinski definition) is 1. The summed E-state index contributed by atoms with van der Waals surface area (Å²) in [5.41, 5.74) is 8.44. The van der Waals surface area contributed by atoms with Crippen LogP contribution in [0.2, 0.25) is 5.02 Å². The third-order valence-corrected chi connectivity index (χ3v) is 3.65. The molecule has 0 saturated heterocycles. The minimum atomic E-state index is 0.0624. The molecule has 15 heavy (non-hydrogen) atoms. The fourth-order valence-electron chi connectivity index (χ4n) is 1.98. The van der Waals surface area contributed by atoms with Crippen LogP contribution in [0.1, 0.15) is 43.9 Å². The molecule has 0 fully saturated rings. The van der Waals surface area contributed by atoms with Crippen molar-refractivity contribution in [3.8, 4) is 0 Å². The Morgan fingerprint density at radius 2 is 1.87 bits per heavy atom. The molecule has 0 heterocycles. The van der Waals surface area contributed by atoms with Crippen LogP contribution < -0.4 is 5.73 Å². The summed E-state index contributed by atoms with van der Waals surface area (Å²) in [4.78, 5) is 0. The minimum Gasteiger partial charge on any atom is -0.324 e. The van der Waals surface area contributed by atoms with Crippen LogP contribution in [-0.4, -0.2) is 0 Å². The Kier molecular flexibility index (Phi) is 4.62. The Balaban J connectivity index is 2.99. The molecular weight excluding hydrogens is 206 g/mol. The number of rotatable bonds is 4. The molecule has 1 atom stereocenters. The molecule has 2 heteroatoms. The Morgan fingerprint density at radius 3 is 2.40 bits per heavy atom. The number of nitrogens with two attached hydrogens (primary N) is 1. The molecule has 0 aliphatic carbocycles. The highest BCUT2D eigenvalue weighted by Crippen LogP contribution is 2.31. The van der Waals surface area contributed by atoms with Gasteiger partial charge >= 0.3 is 0 Å². The van der Waals surface area contributed by atoms with Gasteiger partial charge in [-0.1, -0.05) is 56.5 Å². The highest BCUT2D eigenvalue weighted by molar-refractivity contribution is 6.32. The molecule has 1 nitrogen and oxygen atoms in total. The minimum absolute atomic E-state index is 0.0624. The van der Waals surface area contributed by atoms with E-state index in [1.54, 1.807) is 0 Å². The van der Waals surface area contributed by atoms with Gasteiger partial charge in [-0.05, 0) is 24.0 Å². The second kappa shape index (κ2) is 5.53. The van der Waals surface area contributed by atoms with E-state index < -0.39 is 0 Å². The van der Waals surface area contributed by atoms with Gasteiger partial charge in [0.1, 0.15) is 0 Å². The standard InChI is InChI=1S/C13H20ClN/c1-4-10(5-2)13(15)11-8-6-7-9(3)12(11)14/h6-8,10,13H,4-5,15H2,1-3H3. The number of aryl methyl sites for hydroxylation is 1. The third kappa shape index (κ3) is 2.73. The molecule has 0 aliphatic rings. The molecule has 0 aromatic heterocycles. The SMILES string of the molecule is CCC(CC)C(N)c1cccc(C)c1Cl.